The first-order valence-corrected chi connectivity index (χ1v) is 8.10. The zero-order valence-corrected chi connectivity index (χ0v) is 13.2. The summed E-state index contributed by atoms with van der Waals surface area (Å²) in [6, 6.07) is 0.244. The van der Waals surface area contributed by atoms with Crippen molar-refractivity contribution in [2.45, 2.75) is 84.7 Å². The Morgan fingerprint density at radius 1 is 1.16 bits per heavy atom. The van der Waals surface area contributed by atoms with Crippen LogP contribution in [0, 0.1) is 5.41 Å². The molecule has 112 valence electrons. The second kappa shape index (κ2) is 7.88. The monoisotopic (exact) mass is 268 g/mol. The molecular weight excluding hydrogens is 236 g/mol. The SMILES string of the molecule is CCC(CC)NC(=O)C(C)NCC1(CC)CCCC1. The summed E-state index contributed by atoms with van der Waals surface area (Å²) in [6.07, 6.45) is 8.57. The zero-order chi connectivity index (χ0) is 14.3. The highest BCUT2D eigenvalue weighted by molar-refractivity contribution is 5.81. The predicted molar refractivity (Wildman–Crippen MR) is 81.2 cm³/mol. The number of nitrogens with one attached hydrogen (secondary N) is 2. The average molecular weight is 268 g/mol. The van der Waals surface area contributed by atoms with Crippen LogP contribution >= 0.6 is 0 Å². The van der Waals surface area contributed by atoms with E-state index in [0.29, 0.717) is 11.5 Å². The Morgan fingerprint density at radius 2 is 1.74 bits per heavy atom. The minimum Gasteiger partial charge on any atom is -0.352 e. The van der Waals surface area contributed by atoms with Gasteiger partial charge in [0.25, 0.3) is 0 Å². The highest BCUT2D eigenvalue weighted by Crippen LogP contribution is 2.40. The Bertz CT molecular complexity index is 268. The van der Waals surface area contributed by atoms with Crippen molar-refractivity contribution >= 4 is 5.91 Å². The normalized spacial score (nSPS) is 19.6. The van der Waals surface area contributed by atoms with Gasteiger partial charge in [0.05, 0.1) is 6.04 Å². The number of carbonyl (C=O) groups is 1. The van der Waals surface area contributed by atoms with Crippen LogP contribution in [0.4, 0.5) is 0 Å². The molecule has 3 nitrogen and oxygen atoms in total. The number of rotatable bonds is 8. The molecule has 0 aromatic carbocycles. The maximum atomic E-state index is 12.1. The predicted octanol–water partition coefficient (Wildman–Crippen LogP) is 3.24. The maximum Gasteiger partial charge on any atom is 0.237 e. The van der Waals surface area contributed by atoms with Crippen molar-refractivity contribution in [2.75, 3.05) is 6.54 Å². The Kier molecular flexibility index (Phi) is 6.84. The fourth-order valence-corrected chi connectivity index (χ4v) is 3.06. The van der Waals surface area contributed by atoms with E-state index >= 15 is 0 Å². The van der Waals surface area contributed by atoms with Crippen LogP contribution in [-0.4, -0.2) is 24.5 Å². The molecule has 0 aromatic rings. The number of hydrogen-bond acceptors (Lipinski definition) is 2. The number of amides is 1. The van der Waals surface area contributed by atoms with E-state index in [2.05, 4.69) is 31.4 Å². The molecule has 1 unspecified atom stereocenters. The van der Waals surface area contributed by atoms with E-state index < -0.39 is 0 Å². The molecule has 0 radical (unpaired) electrons. The van der Waals surface area contributed by atoms with Crippen LogP contribution in [0.25, 0.3) is 0 Å². The summed E-state index contributed by atoms with van der Waals surface area (Å²) >= 11 is 0. The van der Waals surface area contributed by atoms with Gasteiger partial charge in [-0.1, -0.05) is 33.6 Å². The lowest BCUT2D eigenvalue weighted by molar-refractivity contribution is -0.123. The van der Waals surface area contributed by atoms with Crippen molar-refractivity contribution in [1.29, 1.82) is 0 Å². The third-order valence-corrected chi connectivity index (χ3v) is 4.92. The molecule has 1 atom stereocenters. The van der Waals surface area contributed by atoms with Gasteiger partial charge in [-0.25, -0.2) is 0 Å². The van der Waals surface area contributed by atoms with E-state index in [1.807, 2.05) is 6.92 Å². The Labute approximate surface area is 118 Å². The van der Waals surface area contributed by atoms with Crippen molar-refractivity contribution in [3.63, 3.8) is 0 Å². The maximum absolute atomic E-state index is 12.1. The fraction of sp³-hybridized carbons (Fsp3) is 0.938. The van der Waals surface area contributed by atoms with Crippen LogP contribution in [0.3, 0.4) is 0 Å². The van der Waals surface area contributed by atoms with Crippen LogP contribution < -0.4 is 10.6 Å². The van der Waals surface area contributed by atoms with Crippen molar-refractivity contribution in [3.05, 3.63) is 0 Å². The molecule has 1 saturated carbocycles. The molecule has 0 spiro atoms. The van der Waals surface area contributed by atoms with Crippen LogP contribution in [0.5, 0.6) is 0 Å². The first kappa shape index (κ1) is 16.5. The van der Waals surface area contributed by atoms with Gasteiger partial charge >= 0.3 is 0 Å². The van der Waals surface area contributed by atoms with Gasteiger partial charge in [-0.15, -0.1) is 0 Å². The lowest BCUT2D eigenvalue weighted by atomic mass is 9.83. The van der Waals surface area contributed by atoms with Gasteiger partial charge in [-0.2, -0.15) is 0 Å². The molecular formula is C16H32N2O. The summed E-state index contributed by atoms with van der Waals surface area (Å²) in [5.41, 5.74) is 0.448. The minimum absolute atomic E-state index is 0.0791. The standard InChI is InChI=1S/C16H32N2O/c1-5-14(6-2)18-15(19)13(4)17-12-16(7-3)10-8-9-11-16/h13-14,17H,5-12H2,1-4H3,(H,18,19). The largest absolute Gasteiger partial charge is 0.352 e. The van der Waals surface area contributed by atoms with Crippen LogP contribution in [0.2, 0.25) is 0 Å². The topological polar surface area (TPSA) is 41.1 Å². The second-order valence-electron chi connectivity index (χ2n) is 6.19. The third kappa shape index (κ3) is 4.79. The molecule has 1 aliphatic carbocycles. The molecule has 1 rings (SSSR count). The van der Waals surface area contributed by atoms with E-state index in [0.717, 1.165) is 19.4 Å². The highest BCUT2D eigenvalue weighted by Gasteiger charge is 2.32. The van der Waals surface area contributed by atoms with Crippen molar-refractivity contribution < 1.29 is 4.79 Å². The van der Waals surface area contributed by atoms with E-state index in [4.69, 9.17) is 0 Å². The molecule has 19 heavy (non-hydrogen) atoms. The van der Waals surface area contributed by atoms with Gasteiger partial charge in [-0.3, -0.25) is 4.79 Å². The summed E-state index contributed by atoms with van der Waals surface area (Å²) in [6.45, 7) is 9.49. The van der Waals surface area contributed by atoms with Crippen molar-refractivity contribution in [2.24, 2.45) is 5.41 Å². The lowest BCUT2D eigenvalue weighted by Crippen LogP contribution is -2.48. The van der Waals surface area contributed by atoms with Crippen molar-refractivity contribution in [3.8, 4) is 0 Å². The lowest BCUT2D eigenvalue weighted by Gasteiger charge is -2.29. The Hall–Kier alpha value is -0.570. The molecule has 0 aromatic heterocycles. The van der Waals surface area contributed by atoms with Gasteiger partial charge in [0, 0.05) is 12.6 Å². The van der Waals surface area contributed by atoms with Gasteiger partial charge in [-0.05, 0) is 44.4 Å². The molecule has 2 N–H and O–H groups in total. The molecule has 1 amide bonds. The van der Waals surface area contributed by atoms with Gasteiger partial charge in [0.1, 0.15) is 0 Å². The van der Waals surface area contributed by atoms with Gasteiger partial charge in [0.15, 0.2) is 0 Å². The molecule has 0 aliphatic heterocycles. The molecule has 0 saturated heterocycles. The summed E-state index contributed by atoms with van der Waals surface area (Å²) < 4.78 is 0. The number of hydrogen-bond donors (Lipinski definition) is 2. The first-order valence-electron chi connectivity index (χ1n) is 8.10. The molecule has 0 heterocycles. The fourth-order valence-electron chi connectivity index (χ4n) is 3.06. The van der Waals surface area contributed by atoms with Crippen molar-refractivity contribution in [1.82, 2.24) is 10.6 Å². The molecule has 0 bridgehead atoms. The van der Waals surface area contributed by atoms with Gasteiger partial charge < -0.3 is 10.6 Å². The highest BCUT2D eigenvalue weighted by atomic mass is 16.2. The third-order valence-electron chi connectivity index (χ3n) is 4.92. The Balaban J connectivity index is 2.37. The van der Waals surface area contributed by atoms with Crippen LogP contribution in [0.1, 0.15) is 72.6 Å². The summed E-state index contributed by atoms with van der Waals surface area (Å²) in [5, 5.41) is 6.58. The number of carbonyl (C=O) groups excluding carboxylic acids is 1. The van der Waals surface area contributed by atoms with Gasteiger partial charge in [0.2, 0.25) is 5.91 Å². The molecule has 3 heteroatoms. The van der Waals surface area contributed by atoms with E-state index in [1.54, 1.807) is 0 Å². The molecule has 1 aliphatic rings. The van der Waals surface area contributed by atoms with E-state index in [-0.39, 0.29) is 11.9 Å². The quantitative estimate of drug-likeness (QED) is 0.709. The van der Waals surface area contributed by atoms with Crippen LogP contribution in [0.15, 0.2) is 0 Å². The zero-order valence-electron chi connectivity index (χ0n) is 13.2. The minimum atomic E-state index is -0.0791. The second-order valence-corrected chi connectivity index (χ2v) is 6.19. The first-order chi connectivity index (χ1) is 9.06. The Morgan fingerprint density at radius 3 is 2.21 bits per heavy atom. The van der Waals surface area contributed by atoms with Crippen LogP contribution in [-0.2, 0) is 4.79 Å². The molecule has 1 fully saturated rings. The average Bonchev–Trinajstić information content (AvgIpc) is 2.91. The van der Waals surface area contributed by atoms with E-state index in [9.17, 15) is 4.79 Å². The smallest absolute Gasteiger partial charge is 0.237 e. The summed E-state index contributed by atoms with van der Waals surface area (Å²) in [4.78, 5) is 12.1. The van der Waals surface area contributed by atoms with E-state index in [1.165, 1.54) is 32.1 Å². The summed E-state index contributed by atoms with van der Waals surface area (Å²) in [5.74, 6) is 0.151. The summed E-state index contributed by atoms with van der Waals surface area (Å²) in [7, 11) is 0.